The number of phenols is 1. The van der Waals surface area contributed by atoms with E-state index in [0.29, 0.717) is 11.3 Å². The first-order valence-corrected chi connectivity index (χ1v) is 9.69. The van der Waals surface area contributed by atoms with Crippen LogP contribution < -0.4 is 4.90 Å². The monoisotopic (exact) mass is 397 g/mol. The lowest BCUT2D eigenvalue weighted by atomic mass is 9.86. The number of fused-ring (bicyclic) bond motifs is 1. The summed E-state index contributed by atoms with van der Waals surface area (Å²) in [7, 11) is 0. The molecule has 0 aliphatic carbocycles. The summed E-state index contributed by atoms with van der Waals surface area (Å²) >= 11 is 0. The fourth-order valence-corrected chi connectivity index (χ4v) is 4.23. The number of nitrogens with zero attached hydrogens (tertiary/aromatic N) is 2. The fourth-order valence-electron chi connectivity index (χ4n) is 4.23. The van der Waals surface area contributed by atoms with E-state index in [2.05, 4.69) is 9.97 Å². The summed E-state index contributed by atoms with van der Waals surface area (Å²) in [6.45, 7) is 1.98. The van der Waals surface area contributed by atoms with E-state index < -0.39 is 23.7 Å². The third kappa shape index (κ3) is 2.85. The van der Waals surface area contributed by atoms with Crippen molar-refractivity contribution in [2.45, 2.75) is 18.9 Å². The summed E-state index contributed by atoms with van der Waals surface area (Å²) in [5.74, 6) is -1.56. The number of ketones is 1. The Morgan fingerprint density at radius 1 is 0.967 bits per heavy atom. The van der Waals surface area contributed by atoms with Gasteiger partial charge in [0.15, 0.2) is 0 Å². The SMILES string of the molecule is Cc1cccc(C2C(c3ccc(O)cc3)C(=O)C(=O)N2c2ccc3nc[nH]c3c2)c1. The summed E-state index contributed by atoms with van der Waals surface area (Å²) in [5.41, 5.74) is 4.85. The van der Waals surface area contributed by atoms with E-state index in [1.54, 1.807) is 35.5 Å². The molecule has 1 saturated heterocycles. The number of amides is 1. The maximum absolute atomic E-state index is 13.2. The first-order chi connectivity index (χ1) is 14.5. The zero-order valence-corrected chi connectivity index (χ0v) is 16.2. The number of H-pyrrole nitrogens is 1. The third-order valence-electron chi connectivity index (χ3n) is 5.62. The van der Waals surface area contributed by atoms with Gasteiger partial charge in [-0.05, 0) is 48.4 Å². The predicted molar refractivity (Wildman–Crippen MR) is 113 cm³/mol. The van der Waals surface area contributed by atoms with Crippen LogP contribution in [0, 0.1) is 6.92 Å². The van der Waals surface area contributed by atoms with Crippen LogP contribution in [-0.4, -0.2) is 26.8 Å². The van der Waals surface area contributed by atoms with Gasteiger partial charge in [0.05, 0.1) is 29.3 Å². The van der Waals surface area contributed by atoms with Crippen molar-refractivity contribution in [2.24, 2.45) is 0 Å². The summed E-state index contributed by atoms with van der Waals surface area (Å²) in [6, 6.07) is 19.4. The zero-order chi connectivity index (χ0) is 20.8. The van der Waals surface area contributed by atoms with E-state index >= 15 is 0 Å². The number of benzene rings is 3. The van der Waals surface area contributed by atoms with E-state index in [0.717, 1.165) is 22.2 Å². The Bertz CT molecular complexity index is 1280. The van der Waals surface area contributed by atoms with Gasteiger partial charge in [-0.1, -0.05) is 42.0 Å². The number of anilines is 1. The largest absolute Gasteiger partial charge is 0.508 e. The third-order valence-corrected chi connectivity index (χ3v) is 5.62. The Morgan fingerprint density at radius 2 is 1.77 bits per heavy atom. The van der Waals surface area contributed by atoms with Crippen molar-refractivity contribution in [2.75, 3.05) is 4.90 Å². The van der Waals surface area contributed by atoms with Crippen LogP contribution in [0.25, 0.3) is 11.0 Å². The number of carbonyl (C=O) groups is 2. The van der Waals surface area contributed by atoms with E-state index in [1.165, 1.54) is 0 Å². The first kappa shape index (κ1) is 18.1. The molecule has 4 aromatic rings. The number of aromatic amines is 1. The van der Waals surface area contributed by atoms with Gasteiger partial charge in [0, 0.05) is 5.69 Å². The van der Waals surface area contributed by atoms with Gasteiger partial charge < -0.3 is 10.1 Å². The number of carbonyl (C=O) groups excluding carboxylic acids is 2. The molecule has 1 aliphatic rings. The first-order valence-electron chi connectivity index (χ1n) is 9.69. The van der Waals surface area contributed by atoms with Crippen molar-refractivity contribution in [3.63, 3.8) is 0 Å². The molecular weight excluding hydrogens is 378 g/mol. The van der Waals surface area contributed by atoms with Crippen LogP contribution in [-0.2, 0) is 9.59 Å². The number of hydrogen-bond acceptors (Lipinski definition) is 4. The molecule has 6 nitrogen and oxygen atoms in total. The second-order valence-electron chi connectivity index (χ2n) is 7.57. The van der Waals surface area contributed by atoms with E-state index in [4.69, 9.17) is 0 Å². The van der Waals surface area contributed by atoms with Crippen molar-refractivity contribution < 1.29 is 14.7 Å². The molecule has 5 rings (SSSR count). The molecule has 3 aromatic carbocycles. The van der Waals surface area contributed by atoms with Gasteiger partial charge in [-0.25, -0.2) is 4.98 Å². The van der Waals surface area contributed by atoms with Gasteiger partial charge in [0.25, 0.3) is 5.91 Å². The molecule has 2 heterocycles. The number of nitrogens with one attached hydrogen (secondary N) is 1. The number of imidazole rings is 1. The predicted octanol–water partition coefficient (Wildman–Crippen LogP) is 4.02. The molecule has 2 atom stereocenters. The average Bonchev–Trinajstić information content (AvgIpc) is 3.31. The Balaban J connectivity index is 1.70. The van der Waals surface area contributed by atoms with E-state index in [-0.39, 0.29) is 5.75 Å². The lowest BCUT2D eigenvalue weighted by molar-refractivity contribution is -0.134. The highest BCUT2D eigenvalue weighted by Gasteiger charge is 2.49. The molecule has 2 unspecified atom stereocenters. The van der Waals surface area contributed by atoms with Crippen molar-refractivity contribution in [1.29, 1.82) is 0 Å². The Labute approximate surface area is 172 Å². The summed E-state index contributed by atoms with van der Waals surface area (Å²) in [6.07, 6.45) is 1.60. The van der Waals surface area contributed by atoms with Crippen LogP contribution in [0.15, 0.2) is 73.1 Å². The highest BCUT2D eigenvalue weighted by atomic mass is 16.3. The van der Waals surface area contributed by atoms with Crippen LogP contribution in [0.1, 0.15) is 28.7 Å². The Hall–Kier alpha value is -3.93. The molecule has 0 radical (unpaired) electrons. The van der Waals surface area contributed by atoms with E-state index in [1.807, 2.05) is 49.4 Å². The summed E-state index contributed by atoms with van der Waals surface area (Å²) in [5, 5.41) is 9.68. The Kier molecular flexibility index (Phi) is 4.13. The minimum Gasteiger partial charge on any atom is -0.508 e. The Morgan fingerprint density at radius 3 is 2.53 bits per heavy atom. The van der Waals surface area contributed by atoms with Crippen LogP contribution >= 0.6 is 0 Å². The normalized spacial score (nSPS) is 19.0. The molecule has 6 heteroatoms. The van der Waals surface area contributed by atoms with Gasteiger partial charge in [-0.15, -0.1) is 0 Å². The minimum absolute atomic E-state index is 0.115. The average molecular weight is 397 g/mol. The van der Waals surface area contributed by atoms with Crippen LogP contribution in [0.5, 0.6) is 5.75 Å². The molecule has 0 saturated carbocycles. The maximum Gasteiger partial charge on any atom is 0.295 e. The van der Waals surface area contributed by atoms with Crippen molar-refractivity contribution in [3.05, 3.63) is 89.7 Å². The van der Waals surface area contributed by atoms with Gasteiger partial charge in [0.2, 0.25) is 5.78 Å². The quantitative estimate of drug-likeness (QED) is 0.511. The number of aryl methyl sites for hydroxylation is 1. The number of hydrogen-bond donors (Lipinski definition) is 2. The highest BCUT2D eigenvalue weighted by Crippen LogP contribution is 2.45. The number of aromatic nitrogens is 2. The lowest BCUT2D eigenvalue weighted by Gasteiger charge is -2.28. The topological polar surface area (TPSA) is 86.3 Å². The second-order valence-corrected chi connectivity index (χ2v) is 7.57. The smallest absolute Gasteiger partial charge is 0.295 e. The van der Waals surface area contributed by atoms with Crippen molar-refractivity contribution in [1.82, 2.24) is 9.97 Å². The second kappa shape index (κ2) is 6.84. The number of Topliss-reactive ketones (excluding diaryl/α,β-unsaturated/α-hetero) is 1. The number of aromatic hydroxyl groups is 1. The summed E-state index contributed by atoms with van der Waals surface area (Å²) < 4.78 is 0. The van der Waals surface area contributed by atoms with Gasteiger partial charge in [-0.3, -0.25) is 14.5 Å². The number of rotatable bonds is 3. The molecule has 30 heavy (non-hydrogen) atoms. The molecule has 1 fully saturated rings. The molecule has 2 N–H and O–H groups in total. The fraction of sp³-hybridized carbons (Fsp3) is 0.125. The standard InChI is InChI=1S/C24H19N3O3/c1-14-3-2-4-16(11-14)22-21(15-5-8-18(28)9-6-15)23(29)24(30)27(22)17-7-10-19-20(12-17)26-13-25-19/h2-13,21-22,28H,1H3,(H,25,26). The molecule has 0 bridgehead atoms. The lowest BCUT2D eigenvalue weighted by Crippen LogP contribution is -2.29. The molecule has 1 aliphatic heterocycles. The van der Waals surface area contributed by atoms with Crippen LogP contribution in [0.2, 0.25) is 0 Å². The zero-order valence-electron chi connectivity index (χ0n) is 16.2. The molecule has 1 aromatic heterocycles. The molecule has 1 amide bonds. The van der Waals surface area contributed by atoms with Gasteiger partial charge in [-0.2, -0.15) is 0 Å². The van der Waals surface area contributed by atoms with Crippen molar-refractivity contribution in [3.8, 4) is 5.75 Å². The number of phenolic OH excluding ortho intramolecular Hbond substituents is 1. The highest BCUT2D eigenvalue weighted by molar-refractivity contribution is 6.46. The van der Waals surface area contributed by atoms with Gasteiger partial charge in [0.1, 0.15) is 5.75 Å². The van der Waals surface area contributed by atoms with Crippen molar-refractivity contribution >= 4 is 28.4 Å². The van der Waals surface area contributed by atoms with Crippen LogP contribution in [0.3, 0.4) is 0 Å². The van der Waals surface area contributed by atoms with Crippen LogP contribution in [0.4, 0.5) is 5.69 Å². The summed E-state index contributed by atoms with van der Waals surface area (Å²) in [4.78, 5) is 35.3. The molecule has 0 spiro atoms. The van der Waals surface area contributed by atoms with E-state index in [9.17, 15) is 14.7 Å². The minimum atomic E-state index is -0.669. The maximum atomic E-state index is 13.2. The molecule has 148 valence electrons. The molecular formula is C24H19N3O3. The van der Waals surface area contributed by atoms with Gasteiger partial charge >= 0.3 is 0 Å².